The van der Waals surface area contributed by atoms with Crippen LogP contribution in [0, 0.1) is 6.92 Å². The van der Waals surface area contributed by atoms with E-state index in [4.69, 9.17) is 29.1 Å². The zero-order valence-electron chi connectivity index (χ0n) is 26.1. The molecule has 2 aromatic carbocycles. The summed E-state index contributed by atoms with van der Waals surface area (Å²) in [7, 11) is 1.38. The maximum Gasteiger partial charge on any atom is 0.404 e. The van der Waals surface area contributed by atoms with Crippen molar-refractivity contribution < 1.29 is 48.3 Å². The van der Waals surface area contributed by atoms with Crippen LogP contribution in [-0.2, 0) is 20.6 Å². The molecule has 0 bridgehead atoms. The van der Waals surface area contributed by atoms with Crippen LogP contribution in [0.15, 0.2) is 51.2 Å². The molecule has 1 aromatic heterocycles. The van der Waals surface area contributed by atoms with Crippen LogP contribution in [0.1, 0.15) is 56.1 Å². The molecule has 1 fully saturated rings. The van der Waals surface area contributed by atoms with Gasteiger partial charge < -0.3 is 49.7 Å². The first-order valence-electron chi connectivity index (χ1n) is 14.1. The zero-order valence-corrected chi connectivity index (χ0v) is 26.1. The number of benzene rings is 2. The van der Waals surface area contributed by atoms with E-state index in [9.17, 15) is 29.7 Å². The number of hydrogen-bond acceptors (Lipinski definition) is 11. The molecule has 3 aromatic rings. The van der Waals surface area contributed by atoms with Crippen LogP contribution in [0.3, 0.4) is 0 Å². The SMILES string of the molecule is COC1(C)C(OC(N)=O)C(O)C(Oc2ccc3c(O)c(NC(=O)c4ccc(O)c(CC=C(C)C)c4)c(=O)oc3c2C)OC1(C)C. The molecule has 1 saturated heterocycles. The van der Waals surface area contributed by atoms with Crippen molar-refractivity contribution in [1.82, 2.24) is 0 Å². The minimum Gasteiger partial charge on any atom is -0.508 e. The molecule has 1 aliphatic heterocycles. The van der Waals surface area contributed by atoms with E-state index in [-0.39, 0.29) is 33.6 Å². The molecule has 4 rings (SSSR count). The lowest BCUT2D eigenvalue weighted by molar-refractivity contribution is -0.338. The Balaban J connectivity index is 1.64. The standard InChI is InChI=1S/C32H38N2O11/c1-15(2)8-9-17-14-18(10-12-20(17)35)27(38)34-22-23(36)19-11-13-21(16(3)25(19)43-28(22)39)42-29-24(37)26(44-30(33)40)32(6,41-7)31(4,5)45-29/h8,10-14,24,26,29,35-37H,9H2,1-7H3,(H2,33,40)(H,34,38). The molecule has 1 aliphatic rings. The normalized spacial score (nSPS) is 22.4. The van der Waals surface area contributed by atoms with E-state index in [0.717, 1.165) is 5.57 Å². The fraction of sp³-hybridized carbons (Fsp3) is 0.406. The van der Waals surface area contributed by atoms with E-state index >= 15 is 0 Å². The van der Waals surface area contributed by atoms with Crippen molar-refractivity contribution in [2.75, 3.05) is 12.4 Å². The Labute approximate surface area is 259 Å². The fourth-order valence-electron chi connectivity index (χ4n) is 5.17. The summed E-state index contributed by atoms with van der Waals surface area (Å²) in [5, 5.41) is 34.8. The topological polar surface area (TPSA) is 200 Å². The van der Waals surface area contributed by atoms with E-state index < -0.39 is 58.8 Å². The quantitative estimate of drug-likeness (QED) is 0.179. The molecule has 242 valence electrons. The van der Waals surface area contributed by atoms with E-state index in [2.05, 4.69) is 5.32 Å². The molecule has 13 nitrogen and oxygen atoms in total. The molecule has 0 radical (unpaired) electrons. The highest BCUT2D eigenvalue weighted by Crippen LogP contribution is 2.43. The second-order valence-electron chi connectivity index (χ2n) is 11.7. The summed E-state index contributed by atoms with van der Waals surface area (Å²) in [6.45, 7) is 10.3. The molecule has 0 saturated carbocycles. The molecule has 6 N–H and O–H groups in total. The number of primary amides is 1. The Hall–Kier alpha value is -4.59. The van der Waals surface area contributed by atoms with Crippen molar-refractivity contribution in [2.45, 2.75) is 77.7 Å². The van der Waals surface area contributed by atoms with Gasteiger partial charge in [-0.05, 0) is 83.9 Å². The number of anilines is 1. The number of nitrogens with two attached hydrogens (primary N) is 1. The molecule has 4 atom stereocenters. The van der Waals surface area contributed by atoms with Gasteiger partial charge in [0.15, 0.2) is 23.6 Å². The number of allylic oxidation sites excluding steroid dienone is 2. The van der Waals surface area contributed by atoms with E-state index in [0.29, 0.717) is 12.0 Å². The van der Waals surface area contributed by atoms with Crippen LogP contribution in [0.4, 0.5) is 10.5 Å². The van der Waals surface area contributed by atoms with Gasteiger partial charge in [0.05, 0.1) is 11.0 Å². The predicted molar refractivity (Wildman–Crippen MR) is 164 cm³/mol. The minimum absolute atomic E-state index is 0.0175. The lowest BCUT2D eigenvalue weighted by atomic mass is 9.77. The van der Waals surface area contributed by atoms with Crippen molar-refractivity contribution in [1.29, 1.82) is 0 Å². The number of ether oxygens (including phenoxy) is 4. The summed E-state index contributed by atoms with van der Waals surface area (Å²) in [6.07, 6.45) is -3.05. The van der Waals surface area contributed by atoms with Gasteiger partial charge in [0, 0.05) is 18.2 Å². The van der Waals surface area contributed by atoms with Crippen molar-refractivity contribution in [2.24, 2.45) is 5.73 Å². The number of aliphatic hydroxyl groups excluding tert-OH is 1. The number of rotatable bonds is 8. The van der Waals surface area contributed by atoms with Gasteiger partial charge in [0.2, 0.25) is 6.29 Å². The van der Waals surface area contributed by atoms with Crippen molar-refractivity contribution in [3.05, 3.63) is 69.1 Å². The largest absolute Gasteiger partial charge is 0.508 e. The van der Waals surface area contributed by atoms with E-state index in [1.165, 1.54) is 37.4 Å². The summed E-state index contributed by atoms with van der Waals surface area (Å²) in [5.74, 6) is -1.10. The number of fused-ring (bicyclic) bond motifs is 1. The number of methoxy groups -OCH3 is 1. The van der Waals surface area contributed by atoms with Gasteiger partial charge in [0.25, 0.3) is 5.91 Å². The predicted octanol–water partition coefficient (Wildman–Crippen LogP) is 4.02. The highest BCUT2D eigenvalue weighted by molar-refractivity contribution is 6.06. The Bertz CT molecular complexity index is 1720. The molecular formula is C32H38N2O11. The van der Waals surface area contributed by atoms with Gasteiger partial charge in [-0.3, -0.25) is 4.79 Å². The monoisotopic (exact) mass is 626 g/mol. The first-order valence-corrected chi connectivity index (χ1v) is 14.1. The van der Waals surface area contributed by atoms with E-state index in [1.54, 1.807) is 27.7 Å². The van der Waals surface area contributed by atoms with Crippen LogP contribution in [0.25, 0.3) is 11.0 Å². The first-order chi connectivity index (χ1) is 21.0. The van der Waals surface area contributed by atoms with Gasteiger partial charge in [0.1, 0.15) is 22.7 Å². The van der Waals surface area contributed by atoms with Crippen LogP contribution >= 0.6 is 0 Å². The molecular weight excluding hydrogens is 588 g/mol. The number of carbonyl (C=O) groups excluding carboxylic acids is 2. The molecule has 2 amide bonds. The average Bonchev–Trinajstić information content (AvgIpc) is 2.97. The molecule has 0 spiro atoms. The molecule has 4 unspecified atom stereocenters. The van der Waals surface area contributed by atoms with Crippen molar-refractivity contribution in [3.63, 3.8) is 0 Å². The van der Waals surface area contributed by atoms with Crippen molar-refractivity contribution in [3.8, 4) is 17.2 Å². The Kier molecular flexibility index (Phi) is 9.20. The fourth-order valence-corrected chi connectivity index (χ4v) is 5.17. The molecule has 13 heteroatoms. The van der Waals surface area contributed by atoms with Crippen molar-refractivity contribution >= 4 is 28.7 Å². The minimum atomic E-state index is -1.55. The van der Waals surface area contributed by atoms with Crippen LogP contribution in [0.5, 0.6) is 17.2 Å². The number of phenolic OH excluding ortho intramolecular Hbond substituents is 1. The van der Waals surface area contributed by atoms with Crippen LogP contribution in [-0.4, -0.2) is 64.1 Å². The lowest BCUT2D eigenvalue weighted by Gasteiger charge is -2.53. The molecule has 45 heavy (non-hydrogen) atoms. The lowest BCUT2D eigenvalue weighted by Crippen LogP contribution is -2.71. The van der Waals surface area contributed by atoms with Gasteiger partial charge in [-0.15, -0.1) is 0 Å². The average molecular weight is 627 g/mol. The van der Waals surface area contributed by atoms with E-state index in [1.807, 2.05) is 19.9 Å². The number of phenols is 1. The molecule has 2 heterocycles. The first kappa shape index (κ1) is 33.3. The third-order valence-corrected chi connectivity index (χ3v) is 8.21. The number of aromatic hydroxyl groups is 2. The highest BCUT2D eigenvalue weighted by atomic mass is 16.7. The Morgan fingerprint density at radius 1 is 1.13 bits per heavy atom. The second-order valence-corrected chi connectivity index (χ2v) is 11.7. The Morgan fingerprint density at radius 3 is 2.44 bits per heavy atom. The summed E-state index contributed by atoms with van der Waals surface area (Å²) in [5.41, 5.74) is 3.21. The van der Waals surface area contributed by atoms with Gasteiger partial charge >= 0.3 is 11.7 Å². The number of aliphatic hydroxyl groups is 1. The maximum absolute atomic E-state index is 13.0. The second kappa shape index (κ2) is 12.4. The third-order valence-electron chi connectivity index (χ3n) is 8.21. The third kappa shape index (κ3) is 6.32. The smallest absolute Gasteiger partial charge is 0.404 e. The van der Waals surface area contributed by atoms with Gasteiger partial charge in [-0.1, -0.05) is 11.6 Å². The summed E-state index contributed by atoms with van der Waals surface area (Å²) in [6, 6.07) is 7.12. The highest BCUT2D eigenvalue weighted by Gasteiger charge is 2.61. The molecule has 0 aliphatic carbocycles. The van der Waals surface area contributed by atoms with Crippen LogP contribution < -0.4 is 21.4 Å². The zero-order chi connectivity index (χ0) is 33.4. The summed E-state index contributed by atoms with van der Waals surface area (Å²) < 4.78 is 28.3. The number of hydrogen-bond donors (Lipinski definition) is 5. The van der Waals surface area contributed by atoms with Crippen LogP contribution in [0.2, 0.25) is 0 Å². The Morgan fingerprint density at radius 2 is 1.82 bits per heavy atom. The van der Waals surface area contributed by atoms with Gasteiger partial charge in [-0.2, -0.15) is 0 Å². The summed E-state index contributed by atoms with van der Waals surface area (Å²) >= 11 is 0. The van der Waals surface area contributed by atoms with Gasteiger partial charge in [-0.25, -0.2) is 9.59 Å². The maximum atomic E-state index is 13.0. The summed E-state index contributed by atoms with van der Waals surface area (Å²) in [4.78, 5) is 37.7. The number of amides is 2. The number of nitrogens with one attached hydrogen (secondary N) is 1. The number of carbonyl (C=O) groups is 2. The number of aryl methyl sites for hydroxylation is 1.